The first-order valence-electron chi connectivity index (χ1n) is 4.80. The fraction of sp³-hybridized carbons (Fsp3) is 0.333. The van der Waals surface area contributed by atoms with Crippen molar-refractivity contribution in [2.75, 3.05) is 6.54 Å². The molecule has 0 fully saturated rings. The average molecular weight is 237 g/mol. The van der Waals surface area contributed by atoms with E-state index in [1.807, 2.05) is 5.38 Å². The average Bonchev–Trinajstić information content (AvgIpc) is 2.89. The van der Waals surface area contributed by atoms with Crippen LogP contribution in [-0.4, -0.2) is 32.6 Å². The smallest absolute Gasteiger partial charge is 0.290 e. The summed E-state index contributed by atoms with van der Waals surface area (Å²) in [5, 5.41) is 11.1. The van der Waals surface area contributed by atoms with Gasteiger partial charge in [-0.3, -0.25) is 9.89 Å². The van der Waals surface area contributed by atoms with Crippen LogP contribution in [0.4, 0.5) is 0 Å². The van der Waals surface area contributed by atoms with E-state index in [2.05, 4.69) is 25.5 Å². The molecule has 2 heterocycles. The van der Waals surface area contributed by atoms with Crippen molar-refractivity contribution >= 4 is 17.2 Å². The number of thiazole rings is 1. The maximum atomic E-state index is 11.5. The molecule has 0 aliphatic rings. The van der Waals surface area contributed by atoms with Crippen LogP contribution in [0.5, 0.6) is 0 Å². The van der Waals surface area contributed by atoms with E-state index in [0.29, 0.717) is 12.4 Å². The molecule has 0 spiro atoms. The Bertz CT molecular complexity index is 464. The second-order valence-electron chi connectivity index (χ2n) is 3.23. The zero-order valence-electron chi connectivity index (χ0n) is 8.73. The minimum Gasteiger partial charge on any atom is -0.349 e. The van der Waals surface area contributed by atoms with Gasteiger partial charge in [0.1, 0.15) is 5.82 Å². The lowest BCUT2D eigenvalue weighted by molar-refractivity contribution is 0.0944. The third kappa shape index (κ3) is 2.63. The number of carbonyl (C=O) groups excluding carboxylic acids is 1. The molecule has 0 unspecified atom stereocenters. The summed E-state index contributed by atoms with van der Waals surface area (Å²) < 4.78 is 0. The molecule has 0 radical (unpaired) electrons. The molecule has 0 atom stereocenters. The number of nitrogens with zero attached hydrogens (tertiary/aromatic N) is 3. The molecule has 2 aromatic rings. The number of nitrogens with one attached hydrogen (secondary N) is 2. The Morgan fingerprint density at radius 1 is 1.62 bits per heavy atom. The van der Waals surface area contributed by atoms with Gasteiger partial charge in [0.05, 0.1) is 11.2 Å². The van der Waals surface area contributed by atoms with Gasteiger partial charge in [-0.1, -0.05) is 0 Å². The summed E-state index contributed by atoms with van der Waals surface area (Å²) in [6.45, 7) is 2.29. The molecule has 6 nitrogen and oxygen atoms in total. The molecule has 0 bridgehead atoms. The van der Waals surface area contributed by atoms with Gasteiger partial charge in [-0.05, 0) is 6.92 Å². The molecule has 1 amide bonds. The van der Waals surface area contributed by atoms with E-state index >= 15 is 0 Å². The monoisotopic (exact) mass is 237 g/mol. The predicted molar refractivity (Wildman–Crippen MR) is 59.3 cm³/mol. The first kappa shape index (κ1) is 10.7. The molecule has 0 aliphatic heterocycles. The number of carbonyl (C=O) groups is 1. The molecule has 0 saturated carbocycles. The topological polar surface area (TPSA) is 83.6 Å². The number of hydrogen-bond donors (Lipinski definition) is 2. The highest BCUT2D eigenvalue weighted by Crippen LogP contribution is 2.00. The van der Waals surface area contributed by atoms with E-state index in [0.717, 1.165) is 12.1 Å². The standard InChI is InChI=1S/C9H11N5OS/c1-6-12-8(14-13-6)9(15)10-3-2-7-4-16-5-11-7/h4-5H,2-3H2,1H3,(H,10,15)(H,12,13,14). The Kier molecular flexibility index (Phi) is 3.25. The van der Waals surface area contributed by atoms with Crippen LogP contribution in [-0.2, 0) is 6.42 Å². The number of hydrogen-bond acceptors (Lipinski definition) is 5. The van der Waals surface area contributed by atoms with Crippen molar-refractivity contribution in [3.63, 3.8) is 0 Å². The van der Waals surface area contributed by atoms with E-state index in [1.54, 1.807) is 23.8 Å². The van der Waals surface area contributed by atoms with Crippen LogP contribution in [0.2, 0.25) is 0 Å². The summed E-state index contributed by atoms with van der Waals surface area (Å²) in [4.78, 5) is 19.6. The Morgan fingerprint density at radius 2 is 2.50 bits per heavy atom. The van der Waals surface area contributed by atoms with Crippen LogP contribution >= 0.6 is 11.3 Å². The number of rotatable bonds is 4. The first-order valence-corrected chi connectivity index (χ1v) is 5.74. The van der Waals surface area contributed by atoms with Crippen molar-refractivity contribution in [2.24, 2.45) is 0 Å². The van der Waals surface area contributed by atoms with E-state index < -0.39 is 0 Å². The van der Waals surface area contributed by atoms with Crippen LogP contribution in [0.15, 0.2) is 10.9 Å². The Balaban J connectivity index is 1.80. The predicted octanol–water partition coefficient (Wildman–Crippen LogP) is 0.542. The highest BCUT2D eigenvalue weighted by atomic mass is 32.1. The molecule has 0 saturated heterocycles. The largest absolute Gasteiger partial charge is 0.349 e. The van der Waals surface area contributed by atoms with Gasteiger partial charge in [0.15, 0.2) is 0 Å². The second kappa shape index (κ2) is 4.84. The molecule has 2 rings (SSSR count). The number of aryl methyl sites for hydroxylation is 1. The molecule has 2 aromatic heterocycles. The molecule has 7 heteroatoms. The van der Waals surface area contributed by atoms with Gasteiger partial charge in [0, 0.05) is 18.3 Å². The third-order valence-electron chi connectivity index (χ3n) is 1.95. The number of H-pyrrole nitrogens is 1. The van der Waals surface area contributed by atoms with Crippen LogP contribution in [0, 0.1) is 6.92 Å². The van der Waals surface area contributed by atoms with Crippen molar-refractivity contribution in [1.29, 1.82) is 0 Å². The van der Waals surface area contributed by atoms with Crippen LogP contribution in [0.3, 0.4) is 0 Å². The third-order valence-corrected chi connectivity index (χ3v) is 2.59. The lowest BCUT2D eigenvalue weighted by Gasteiger charge is -1.99. The van der Waals surface area contributed by atoms with Gasteiger partial charge in [-0.15, -0.1) is 16.4 Å². The van der Waals surface area contributed by atoms with E-state index in [1.165, 1.54) is 0 Å². The zero-order valence-corrected chi connectivity index (χ0v) is 9.54. The highest BCUT2D eigenvalue weighted by Gasteiger charge is 2.09. The van der Waals surface area contributed by atoms with Crippen molar-refractivity contribution < 1.29 is 4.79 Å². The van der Waals surface area contributed by atoms with Gasteiger partial charge < -0.3 is 5.32 Å². The van der Waals surface area contributed by atoms with Crippen molar-refractivity contribution in [2.45, 2.75) is 13.3 Å². The lowest BCUT2D eigenvalue weighted by atomic mass is 10.3. The summed E-state index contributed by atoms with van der Waals surface area (Å²) >= 11 is 1.54. The minimum absolute atomic E-state index is 0.177. The van der Waals surface area contributed by atoms with E-state index in [4.69, 9.17) is 0 Å². The van der Waals surface area contributed by atoms with Crippen molar-refractivity contribution in [3.8, 4) is 0 Å². The molecule has 16 heavy (non-hydrogen) atoms. The second-order valence-corrected chi connectivity index (χ2v) is 3.95. The van der Waals surface area contributed by atoms with Gasteiger partial charge in [-0.2, -0.15) is 0 Å². The number of aromatic amines is 1. The quantitative estimate of drug-likeness (QED) is 0.813. The molecule has 0 aromatic carbocycles. The number of amides is 1. The lowest BCUT2D eigenvalue weighted by Crippen LogP contribution is -2.26. The Labute approximate surface area is 96.1 Å². The number of aromatic nitrogens is 4. The summed E-state index contributed by atoms with van der Waals surface area (Å²) in [5.74, 6) is 0.542. The normalized spacial score (nSPS) is 10.3. The minimum atomic E-state index is -0.264. The van der Waals surface area contributed by atoms with Crippen LogP contribution in [0.25, 0.3) is 0 Å². The van der Waals surface area contributed by atoms with Gasteiger partial charge in [-0.25, -0.2) is 9.97 Å². The maximum absolute atomic E-state index is 11.5. The van der Waals surface area contributed by atoms with Gasteiger partial charge >= 0.3 is 0 Å². The van der Waals surface area contributed by atoms with Crippen molar-refractivity contribution in [3.05, 3.63) is 28.2 Å². The maximum Gasteiger partial charge on any atom is 0.290 e. The molecule has 0 aliphatic carbocycles. The van der Waals surface area contributed by atoms with E-state index in [9.17, 15) is 4.79 Å². The summed E-state index contributed by atoms with van der Waals surface area (Å²) in [7, 11) is 0. The zero-order chi connectivity index (χ0) is 11.4. The van der Waals surface area contributed by atoms with Crippen LogP contribution < -0.4 is 5.32 Å². The van der Waals surface area contributed by atoms with E-state index in [-0.39, 0.29) is 11.7 Å². The SMILES string of the molecule is Cc1nc(C(=O)NCCc2cscn2)n[nH]1. The summed E-state index contributed by atoms with van der Waals surface area (Å²) in [6.07, 6.45) is 0.721. The first-order chi connectivity index (χ1) is 7.75. The molecule has 2 N–H and O–H groups in total. The Morgan fingerprint density at radius 3 is 3.12 bits per heavy atom. The summed E-state index contributed by atoms with van der Waals surface area (Å²) in [5.41, 5.74) is 2.76. The fourth-order valence-electron chi connectivity index (χ4n) is 1.19. The van der Waals surface area contributed by atoms with Gasteiger partial charge in [0.25, 0.3) is 5.91 Å². The fourth-order valence-corrected chi connectivity index (χ4v) is 1.78. The van der Waals surface area contributed by atoms with Crippen LogP contribution in [0.1, 0.15) is 22.1 Å². The molecular weight excluding hydrogens is 226 g/mol. The summed E-state index contributed by atoms with van der Waals surface area (Å²) in [6, 6.07) is 0. The highest BCUT2D eigenvalue weighted by molar-refractivity contribution is 7.07. The Hall–Kier alpha value is -1.76. The molecular formula is C9H11N5OS. The van der Waals surface area contributed by atoms with Crippen molar-refractivity contribution in [1.82, 2.24) is 25.5 Å². The van der Waals surface area contributed by atoms with Gasteiger partial charge in [0.2, 0.25) is 5.82 Å². The molecule has 84 valence electrons.